The molecule has 0 aromatic heterocycles. The predicted octanol–water partition coefficient (Wildman–Crippen LogP) is 5.64. The van der Waals surface area contributed by atoms with Gasteiger partial charge in [-0.05, 0) is 62.2 Å². The summed E-state index contributed by atoms with van der Waals surface area (Å²) in [5.74, 6) is -1.36. The van der Waals surface area contributed by atoms with Crippen LogP contribution >= 0.6 is 0 Å². The highest BCUT2D eigenvalue weighted by Gasteiger charge is 2.50. The van der Waals surface area contributed by atoms with Gasteiger partial charge in [0.2, 0.25) is 0 Å². The maximum absolute atomic E-state index is 13.9. The summed E-state index contributed by atoms with van der Waals surface area (Å²) in [7, 11) is 0. The average Bonchev–Trinajstić information content (AvgIpc) is 3.39. The number of para-hydroxylation sites is 2. The first-order valence-electron chi connectivity index (χ1n) is 12.6. The van der Waals surface area contributed by atoms with Gasteiger partial charge >= 0.3 is 0 Å². The molecule has 2 aliphatic rings. The van der Waals surface area contributed by atoms with E-state index in [0.29, 0.717) is 35.2 Å². The molecule has 0 N–H and O–H groups in total. The van der Waals surface area contributed by atoms with Crippen molar-refractivity contribution in [2.24, 2.45) is 22.0 Å². The molecule has 0 aliphatic carbocycles. The number of hydrazone groups is 2. The number of benzene rings is 3. The molecular formula is C30H30N4O3. The third-order valence-electron chi connectivity index (χ3n) is 6.80. The first kappa shape index (κ1) is 24.4. The van der Waals surface area contributed by atoms with Crippen molar-refractivity contribution in [3.63, 3.8) is 0 Å². The lowest BCUT2D eigenvalue weighted by atomic mass is 9.73. The Kier molecular flexibility index (Phi) is 6.86. The Labute approximate surface area is 217 Å². The third-order valence-corrected chi connectivity index (χ3v) is 6.80. The first-order valence-corrected chi connectivity index (χ1v) is 12.6. The van der Waals surface area contributed by atoms with Crippen LogP contribution in [0.1, 0.15) is 38.7 Å². The van der Waals surface area contributed by atoms with Gasteiger partial charge < -0.3 is 4.74 Å². The Morgan fingerprint density at radius 3 is 1.76 bits per heavy atom. The molecule has 37 heavy (non-hydrogen) atoms. The van der Waals surface area contributed by atoms with Gasteiger partial charge in [-0.1, -0.05) is 55.5 Å². The fraction of sp³-hybridized carbons (Fsp3) is 0.267. The Morgan fingerprint density at radius 1 is 0.757 bits per heavy atom. The second-order valence-electron chi connectivity index (χ2n) is 9.36. The molecule has 188 valence electrons. The van der Waals surface area contributed by atoms with Gasteiger partial charge in [0.15, 0.2) is 0 Å². The molecule has 0 saturated heterocycles. The minimum absolute atomic E-state index is 0.160. The van der Waals surface area contributed by atoms with Crippen molar-refractivity contribution in [3.05, 3.63) is 90.5 Å². The zero-order chi connectivity index (χ0) is 25.9. The molecule has 2 aliphatic heterocycles. The van der Waals surface area contributed by atoms with E-state index in [4.69, 9.17) is 4.74 Å². The number of hydrogen-bond acceptors (Lipinski definition) is 5. The summed E-state index contributed by atoms with van der Waals surface area (Å²) in [6, 6.07) is 26.5. The highest BCUT2D eigenvalue weighted by Crippen LogP contribution is 2.43. The molecule has 7 nitrogen and oxygen atoms in total. The van der Waals surface area contributed by atoms with Crippen LogP contribution < -0.4 is 14.8 Å². The number of carbonyl (C=O) groups excluding carboxylic acids is 2. The summed E-state index contributed by atoms with van der Waals surface area (Å²) in [4.78, 5) is 27.8. The Hall–Kier alpha value is -4.26. The summed E-state index contributed by atoms with van der Waals surface area (Å²) in [6.45, 7) is 6.36. The van der Waals surface area contributed by atoms with Crippen molar-refractivity contribution in [1.29, 1.82) is 0 Å². The molecule has 0 bridgehead atoms. The molecule has 0 saturated carbocycles. The molecular weight excluding hydrogens is 464 g/mol. The van der Waals surface area contributed by atoms with Crippen molar-refractivity contribution < 1.29 is 14.3 Å². The zero-order valence-corrected chi connectivity index (χ0v) is 21.2. The van der Waals surface area contributed by atoms with Crippen LogP contribution in [0.5, 0.6) is 5.75 Å². The van der Waals surface area contributed by atoms with E-state index < -0.39 is 17.8 Å². The number of hydrogen-bond donors (Lipinski definition) is 0. The highest BCUT2D eigenvalue weighted by molar-refractivity contribution is 6.19. The number of nitrogens with zero attached hydrogens (tertiary/aromatic N) is 4. The lowest BCUT2D eigenvalue weighted by Crippen LogP contribution is -2.40. The molecule has 0 fully saturated rings. The van der Waals surface area contributed by atoms with E-state index in [9.17, 15) is 9.59 Å². The zero-order valence-electron chi connectivity index (χ0n) is 21.2. The van der Waals surface area contributed by atoms with Gasteiger partial charge in [0, 0.05) is 17.3 Å². The third kappa shape index (κ3) is 4.65. The van der Waals surface area contributed by atoms with E-state index in [1.165, 1.54) is 10.0 Å². The van der Waals surface area contributed by atoms with E-state index in [0.717, 1.165) is 12.0 Å². The average molecular weight is 495 g/mol. The fourth-order valence-electron chi connectivity index (χ4n) is 5.10. The molecule has 2 heterocycles. The Morgan fingerprint density at radius 2 is 1.27 bits per heavy atom. The number of rotatable bonds is 8. The molecule has 3 aromatic carbocycles. The van der Waals surface area contributed by atoms with Gasteiger partial charge in [-0.3, -0.25) is 9.59 Å². The predicted molar refractivity (Wildman–Crippen MR) is 146 cm³/mol. The van der Waals surface area contributed by atoms with Crippen molar-refractivity contribution >= 4 is 34.6 Å². The Bertz CT molecular complexity index is 1270. The van der Waals surface area contributed by atoms with E-state index in [1.54, 1.807) is 0 Å². The summed E-state index contributed by atoms with van der Waals surface area (Å²) in [5, 5.41) is 12.2. The van der Waals surface area contributed by atoms with Gasteiger partial charge in [-0.15, -0.1) is 0 Å². The van der Waals surface area contributed by atoms with Crippen molar-refractivity contribution in [2.75, 3.05) is 16.6 Å². The standard InChI is InChI=1S/C30H30N4O3/c1-4-18-37-25-17-11-12-22(19-25)28(26-20(2)31-33(29(26)35)23-13-7-5-8-14-23)27-21(3)32-34(30(27)36)24-15-9-6-10-16-24/h5-17,19,26-28H,4,18H2,1-3H3. The topological polar surface area (TPSA) is 74.6 Å². The SMILES string of the molecule is CCCOc1cccc(C(C2C(=O)N(c3ccccc3)N=C2C)C2C(=O)N(c3ccccc3)N=C2C)c1. The van der Waals surface area contributed by atoms with E-state index in [1.807, 2.05) is 98.8 Å². The molecule has 2 amide bonds. The molecule has 2 unspecified atom stereocenters. The van der Waals surface area contributed by atoms with Gasteiger partial charge in [0.25, 0.3) is 11.8 Å². The second-order valence-corrected chi connectivity index (χ2v) is 9.36. The van der Waals surface area contributed by atoms with Crippen molar-refractivity contribution in [1.82, 2.24) is 0 Å². The van der Waals surface area contributed by atoms with E-state index >= 15 is 0 Å². The first-order chi connectivity index (χ1) is 18.0. The Balaban J connectivity index is 1.57. The molecule has 7 heteroatoms. The van der Waals surface area contributed by atoms with Crippen LogP contribution in [-0.2, 0) is 9.59 Å². The van der Waals surface area contributed by atoms with Gasteiger partial charge in [0.05, 0.1) is 29.8 Å². The number of ether oxygens (including phenoxy) is 1. The van der Waals surface area contributed by atoms with Crippen LogP contribution in [0.15, 0.2) is 95.1 Å². The second kappa shape index (κ2) is 10.4. The van der Waals surface area contributed by atoms with Crippen LogP contribution in [-0.4, -0.2) is 29.8 Å². The summed E-state index contributed by atoms with van der Waals surface area (Å²) >= 11 is 0. The minimum Gasteiger partial charge on any atom is -0.494 e. The maximum atomic E-state index is 13.9. The lowest BCUT2D eigenvalue weighted by Gasteiger charge is -2.29. The normalized spacial score (nSPS) is 20.2. The van der Waals surface area contributed by atoms with Crippen molar-refractivity contribution in [2.45, 2.75) is 33.1 Å². The molecule has 5 rings (SSSR count). The largest absolute Gasteiger partial charge is 0.494 e. The fourth-order valence-corrected chi connectivity index (χ4v) is 5.10. The van der Waals surface area contributed by atoms with Crippen LogP contribution in [0.25, 0.3) is 0 Å². The number of anilines is 2. The van der Waals surface area contributed by atoms with Crippen LogP contribution in [0, 0.1) is 11.8 Å². The minimum atomic E-state index is -0.628. The van der Waals surface area contributed by atoms with Crippen molar-refractivity contribution in [3.8, 4) is 5.75 Å². The quantitative estimate of drug-likeness (QED) is 0.407. The van der Waals surface area contributed by atoms with Crippen LogP contribution in [0.2, 0.25) is 0 Å². The summed E-state index contributed by atoms with van der Waals surface area (Å²) < 4.78 is 5.91. The maximum Gasteiger partial charge on any atom is 0.256 e. The highest BCUT2D eigenvalue weighted by atomic mass is 16.5. The van der Waals surface area contributed by atoms with Crippen LogP contribution in [0.3, 0.4) is 0 Å². The summed E-state index contributed by atoms with van der Waals surface area (Å²) in [5.41, 5.74) is 3.57. The van der Waals surface area contributed by atoms with E-state index in [-0.39, 0.29) is 11.8 Å². The monoisotopic (exact) mass is 494 g/mol. The molecule has 0 spiro atoms. The van der Waals surface area contributed by atoms with Gasteiger partial charge in [0.1, 0.15) is 5.75 Å². The summed E-state index contributed by atoms with van der Waals surface area (Å²) in [6.07, 6.45) is 0.880. The number of carbonyl (C=O) groups is 2. The molecule has 0 radical (unpaired) electrons. The van der Waals surface area contributed by atoms with E-state index in [2.05, 4.69) is 17.1 Å². The van der Waals surface area contributed by atoms with Gasteiger partial charge in [-0.2, -0.15) is 10.2 Å². The smallest absolute Gasteiger partial charge is 0.256 e. The number of amides is 2. The lowest BCUT2D eigenvalue weighted by molar-refractivity contribution is -0.122. The van der Waals surface area contributed by atoms with Crippen LogP contribution in [0.4, 0.5) is 11.4 Å². The van der Waals surface area contributed by atoms with Gasteiger partial charge in [-0.25, -0.2) is 10.0 Å². The molecule has 2 atom stereocenters. The molecule has 3 aromatic rings.